The minimum absolute atomic E-state index is 0.195. The predicted octanol–water partition coefficient (Wildman–Crippen LogP) is 4.37. The van der Waals surface area contributed by atoms with Crippen molar-refractivity contribution < 1.29 is 14.1 Å². The van der Waals surface area contributed by atoms with Gasteiger partial charge in [-0.2, -0.15) is 5.10 Å². The van der Waals surface area contributed by atoms with Crippen LogP contribution in [0.25, 0.3) is 0 Å². The zero-order chi connectivity index (χ0) is 20.9. The molecular formula is C23H22N4O3. The summed E-state index contributed by atoms with van der Waals surface area (Å²) in [5.41, 5.74) is 3.65. The van der Waals surface area contributed by atoms with Crippen molar-refractivity contribution in [3.63, 3.8) is 0 Å². The first kappa shape index (κ1) is 19.4. The third-order valence-corrected chi connectivity index (χ3v) is 4.66. The van der Waals surface area contributed by atoms with Crippen molar-refractivity contribution in [3.05, 3.63) is 95.1 Å². The number of carbonyl (C=O) groups is 1. The van der Waals surface area contributed by atoms with Crippen molar-refractivity contribution in [1.29, 1.82) is 0 Å². The number of aryl methyl sites for hydroxylation is 2. The van der Waals surface area contributed by atoms with E-state index in [0.717, 1.165) is 16.9 Å². The highest BCUT2D eigenvalue weighted by Crippen LogP contribution is 2.20. The van der Waals surface area contributed by atoms with Crippen LogP contribution in [0, 0.1) is 13.8 Å². The van der Waals surface area contributed by atoms with Crippen molar-refractivity contribution in [3.8, 4) is 5.75 Å². The van der Waals surface area contributed by atoms with Gasteiger partial charge in [-0.1, -0.05) is 29.4 Å². The molecule has 4 rings (SSSR count). The van der Waals surface area contributed by atoms with Crippen LogP contribution in [0.4, 0.5) is 5.69 Å². The molecule has 0 fully saturated rings. The number of amides is 1. The highest BCUT2D eigenvalue weighted by Gasteiger charge is 2.20. The van der Waals surface area contributed by atoms with E-state index >= 15 is 0 Å². The van der Waals surface area contributed by atoms with Crippen molar-refractivity contribution in [2.75, 3.05) is 5.32 Å². The van der Waals surface area contributed by atoms with Crippen LogP contribution in [0.3, 0.4) is 0 Å². The second-order valence-corrected chi connectivity index (χ2v) is 7.03. The third kappa shape index (κ3) is 4.57. The summed E-state index contributed by atoms with van der Waals surface area (Å²) >= 11 is 0. The van der Waals surface area contributed by atoms with E-state index in [2.05, 4.69) is 15.6 Å². The van der Waals surface area contributed by atoms with E-state index in [1.165, 1.54) is 0 Å². The van der Waals surface area contributed by atoms with Gasteiger partial charge in [0.1, 0.15) is 18.1 Å². The number of aromatic nitrogens is 3. The fourth-order valence-electron chi connectivity index (χ4n) is 3.12. The van der Waals surface area contributed by atoms with Gasteiger partial charge in [-0.05, 0) is 55.3 Å². The molecule has 2 heterocycles. The summed E-state index contributed by atoms with van der Waals surface area (Å²) in [6.07, 6.45) is 3.63. The Morgan fingerprint density at radius 3 is 2.80 bits per heavy atom. The summed E-state index contributed by atoms with van der Waals surface area (Å²) in [5, 5.41) is 11.0. The van der Waals surface area contributed by atoms with Crippen molar-refractivity contribution in [2.24, 2.45) is 0 Å². The number of nitrogens with one attached hydrogen (secondary N) is 1. The summed E-state index contributed by atoms with van der Waals surface area (Å²) in [5.74, 6) is 0.944. The first-order chi connectivity index (χ1) is 14.6. The summed E-state index contributed by atoms with van der Waals surface area (Å²) in [6, 6.07) is 17.2. The average molecular weight is 402 g/mol. The standard InChI is InChI=1S/C23H22N4O3/c1-16-6-3-9-20(12-16)29-15-21-17(2)30-26-22(21)23(28)25-19-8-4-7-18(13-19)14-27-11-5-10-24-27/h3-13H,14-15H2,1-2H3,(H,25,28). The lowest BCUT2D eigenvalue weighted by Gasteiger charge is -2.09. The number of anilines is 1. The molecule has 1 N–H and O–H groups in total. The fraction of sp³-hybridized carbons (Fsp3) is 0.174. The van der Waals surface area contributed by atoms with E-state index in [4.69, 9.17) is 9.26 Å². The summed E-state index contributed by atoms with van der Waals surface area (Å²) in [6.45, 7) is 4.58. The van der Waals surface area contributed by atoms with E-state index in [0.29, 0.717) is 23.6 Å². The number of hydrogen-bond donors (Lipinski definition) is 1. The highest BCUT2D eigenvalue weighted by molar-refractivity contribution is 6.03. The second kappa shape index (κ2) is 8.65. The van der Waals surface area contributed by atoms with Crippen LogP contribution in [-0.4, -0.2) is 20.8 Å². The molecule has 2 aromatic heterocycles. The second-order valence-electron chi connectivity index (χ2n) is 7.03. The number of nitrogens with zero attached hydrogens (tertiary/aromatic N) is 3. The molecule has 4 aromatic rings. The lowest BCUT2D eigenvalue weighted by molar-refractivity contribution is 0.101. The monoisotopic (exact) mass is 402 g/mol. The molecule has 2 aromatic carbocycles. The molecule has 0 radical (unpaired) electrons. The van der Waals surface area contributed by atoms with Crippen molar-refractivity contribution in [2.45, 2.75) is 27.0 Å². The number of hydrogen-bond acceptors (Lipinski definition) is 5. The van der Waals surface area contributed by atoms with E-state index in [-0.39, 0.29) is 18.2 Å². The van der Waals surface area contributed by atoms with Crippen LogP contribution in [0.5, 0.6) is 5.75 Å². The van der Waals surface area contributed by atoms with Crippen LogP contribution >= 0.6 is 0 Å². The Labute approximate surface area is 174 Å². The molecule has 0 unspecified atom stereocenters. The minimum Gasteiger partial charge on any atom is -0.489 e. The van der Waals surface area contributed by atoms with Gasteiger partial charge in [0, 0.05) is 18.1 Å². The summed E-state index contributed by atoms with van der Waals surface area (Å²) in [4.78, 5) is 12.8. The van der Waals surface area contributed by atoms with Gasteiger partial charge in [0.05, 0.1) is 12.1 Å². The number of benzene rings is 2. The maximum Gasteiger partial charge on any atom is 0.278 e. The van der Waals surface area contributed by atoms with Gasteiger partial charge in [-0.15, -0.1) is 0 Å². The molecule has 0 atom stereocenters. The topological polar surface area (TPSA) is 82.2 Å². The Kier molecular flexibility index (Phi) is 5.61. The van der Waals surface area contributed by atoms with Crippen LogP contribution in [0.2, 0.25) is 0 Å². The molecule has 0 bridgehead atoms. The molecule has 152 valence electrons. The lowest BCUT2D eigenvalue weighted by Crippen LogP contribution is -2.15. The first-order valence-corrected chi connectivity index (χ1v) is 9.61. The minimum atomic E-state index is -0.342. The lowest BCUT2D eigenvalue weighted by atomic mass is 10.1. The molecule has 7 nitrogen and oxygen atoms in total. The first-order valence-electron chi connectivity index (χ1n) is 9.61. The Hall–Kier alpha value is -3.87. The molecule has 7 heteroatoms. The normalized spacial score (nSPS) is 10.7. The molecule has 0 spiro atoms. The molecule has 1 amide bonds. The average Bonchev–Trinajstić information content (AvgIpc) is 3.36. The van der Waals surface area contributed by atoms with Gasteiger partial charge in [0.2, 0.25) is 0 Å². The Bertz CT molecular complexity index is 1150. The van der Waals surface area contributed by atoms with Gasteiger partial charge < -0.3 is 14.6 Å². The van der Waals surface area contributed by atoms with Crippen molar-refractivity contribution in [1.82, 2.24) is 14.9 Å². The van der Waals surface area contributed by atoms with Crippen LogP contribution in [0.15, 0.2) is 71.5 Å². The molecule has 0 aliphatic rings. The zero-order valence-corrected chi connectivity index (χ0v) is 16.8. The van der Waals surface area contributed by atoms with E-state index in [9.17, 15) is 4.79 Å². The van der Waals surface area contributed by atoms with Gasteiger partial charge in [0.15, 0.2) is 5.69 Å². The quantitative estimate of drug-likeness (QED) is 0.496. The van der Waals surface area contributed by atoms with Crippen LogP contribution in [0.1, 0.15) is 32.9 Å². The smallest absolute Gasteiger partial charge is 0.278 e. The van der Waals surface area contributed by atoms with E-state index in [1.807, 2.05) is 72.4 Å². The molecular weight excluding hydrogens is 380 g/mol. The van der Waals surface area contributed by atoms with Crippen LogP contribution < -0.4 is 10.1 Å². The van der Waals surface area contributed by atoms with Gasteiger partial charge in [-0.3, -0.25) is 9.48 Å². The van der Waals surface area contributed by atoms with Crippen molar-refractivity contribution >= 4 is 11.6 Å². The molecule has 0 aliphatic carbocycles. The predicted molar refractivity (Wildman–Crippen MR) is 112 cm³/mol. The largest absolute Gasteiger partial charge is 0.489 e. The third-order valence-electron chi connectivity index (χ3n) is 4.66. The maximum atomic E-state index is 12.8. The Morgan fingerprint density at radius 1 is 1.13 bits per heavy atom. The Morgan fingerprint density at radius 2 is 2.00 bits per heavy atom. The van der Waals surface area contributed by atoms with E-state index in [1.54, 1.807) is 13.1 Å². The molecule has 0 saturated carbocycles. The van der Waals surface area contributed by atoms with E-state index < -0.39 is 0 Å². The van der Waals surface area contributed by atoms with Gasteiger partial charge in [-0.25, -0.2) is 0 Å². The molecule has 30 heavy (non-hydrogen) atoms. The van der Waals surface area contributed by atoms with Crippen LogP contribution in [-0.2, 0) is 13.2 Å². The van der Waals surface area contributed by atoms with Gasteiger partial charge >= 0.3 is 0 Å². The fourth-order valence-corrected chi connectivity index (χ4v) is 3.12. The van der Waals surface area contributed by atoms with Gasteiger partial charge in [0.25, 0.3) is 5.91 Å². The SMILES string of the molecule is Cc1cccc(OCc2c(C(=O)Nc3cccc(Cn4cccn4)c3)noc2C)c1. The Balaban J connectivity index is 1.46. The molecule has 0 saturated heterocycles. The molecule has 0 aliphatic heterocycles. The zero-order valence-electron chi connectivity index (χ0n) is 16.8. The summed E-state index contributed by atoms with van der Waals surface area (Å²) in [7, 11) is 0. The summed E-state index contributed by atoms with van der Waals surface area (Å²) < 4.78 is 12.9. The number of carbonyl (C=O) groups excluding carboxylic acids is 1. The number of ether oxygens (including phenoxy) is 1. The highest BCUT2D eigenvalue weighted by atomic mass is 16.5. The maximum absolute atomic E-state index is 12.8. The number of rotatable bonds is 7.